The molecular weight excluding hydrogens is 292 g/mol. The summed E-state index contributed by atoms with van der Waals surface area (Å²) in [5.41, 5.74) is 0.529. The molecule has 12 nitrogen and oxygen atoms in total. The molecule has 110 valence electrons. The van der Waals surface area contributed by atoms with Crippen LogP contribution in [0.15, 0.2) is 34.3 Å². The minimum atomic E-state index is -0.560. The van der Waals surface area contributed by atoms with E-state index in [4.69, 9.17) is 0 Å². The number of aliphatic imine (C=N–C) groups is 2. The van der Waals surface area contributed by atoms with Crippen molar-refractivity contribution in [3.63, 3.8) is 0 Å². The van der Waals surface area contributed by atoms with Gasteiger partial charge in [-0.2, -0.15) is 10.4 Å². The van der Waals surface area contributed by atoms with Crippen LogP contribution in [-0.4, -0.2) is 53.0 Å². The van der Waals surface area contributed by atoms with E-state index in [1.807, 2.05) is 0 Å². The first-order valence-corrected chi connectivity index (χ1v) is 5.81. The van der Waals surface area contributed by atoms with Gasteiger partial charge in [0.2, 0.25) is 0 Å². The van der Waals surface area contributed by atoms with Crippen LogP contribution in [-0.2, 0) is 0 Å². The molecule has 0 radical (unpaired) electrons. The molecule has 0 saturated heterocycles. The van der Waals surface area contributed by atoms with Crippen LogP contribution < -0.4 is 10.2 Å². The second-order valence-electron chi connectivity index (χ2n) is 3.83. The predicted octanol–water partition coefficient (Wildman–Crippen LogP) is -2.41. The molecule has 2 heterocycles. The number of tetrazole rings is 2. The summed E-state index contributed by atoms with van der Waals surface area (Å²) in [5.74, 6) is -1.26. The summed E-state index contributed by atoms with van der Waals surface area (Å²) in [5, 5.41) is 48.7. The Hall–Kier alpha value is -3.70. The first kappa shape index (κ1) is 13.3. The van der Waals surface area contributed by atoms with E-state index in [9.17, 15) is 10.2 Å². The van der Waals surface area contributed by atoms with Crippen molar-refractivity contribution >= 4 is 23.7 Å². The zero-order chi connectivity index (χ0) is 15.4. The predicted molar refractivity (Wildman–Crippen MR) is 67.2 cm³/mol. The minimum Gasteiger partial charge on any atom is -0.858 e. The van der Waals surface area contributed by atoms with Gasteiger partial charge in [-0.3, -0.25) is 0 Å². The highest BCUT2D eigenvalue weighted by Crippen LogP contribution is 2.08. The number of aromatic amines is 2. The van der Waals surface area contributed by atoms with E-state index in [0.717, 1.165) is 0 Å². The third-order valence-electron chi connectivity index (χ3n) is 2.45. The van der Waals surface area contributed by atoms with Gasteiger partial charge in [-0.15, -0.1) is 10.2 Å². The fourth-order valence-electron chi connectivity index (χ4n) is 1.47. The van der Waals surface area contributed by atoms with Gasteiger partial charge in [0.05, 0.1) is 0 Å². The maximum Gasteiger partial charge on any atom is 0.288 e. The highest BCUT2D eigenvalue weighted by atomic mass is 16.3. The zero-order valence-electron chi connectivity index (χ0n) is 10.7. The molecular formula is C10H6N10O2-2. The van der Waals surface area contributed by atoms with Gasteiger partial charge >= 0.3 is 0 Å². The maximum absolute atomic E-state index is 11.8. The van der Waals surface area contributed by atoms with Crippen LogP contribution in [0.1, 0.15) is 11.1 Å². The van der Waals surface area contributed by atoms with E-state index in [-0.39, 0.29) is 23.0 Å². The molecule has 0 aliphatic carbocycles. The summed E-state index contributed by atoms with van der Waals surface area (Å²) in [7, 11) is 0. The smallest absolute Gasteiger partial charge is 0.288 e. The Morgan fingerprint density at radius 3 is 1.50 bits per heavy atom. The molecule has 1 aromatic carbocycles. The van der Waals surface area contributed by atoms with Crippen LogP contribution in [0.5, 0.6) is 0 Å². The second-order valence-corrected chi connectivity index (χ2v) is 3.83. The van der Waals surface area contributed by atoms with Gasteiger partial charge in [-0.25, -0.2) is 9.98 Å². The molecule has 0 bridgehead atoms. The zero-order valence-corrected chi connectivity index (χ0v) is 10.7. The van der Waals surface area contributed by atoms with Crippen molar-refractivity contribution in [2.45, 2.75) is 0 Å². The highest BCUT2D eigenvalue weighted by molar-refractivity contribution is 5.95. The van der Waals surface area contributed by atoms with Crippen LogP contribution in [0.4, 0.5) is 11.9 Å². The average Bonchev–Trinajstić information content (AvgIpc) is 3.21. The van der Waals surface area contributed by atoms with Crippen molar-refractivity contribution < 1.29 is 10.2 Å². The van der Waals surface area contributed by atoms with Gasteiger partial charge < -0.3 is 10.2 Å². The Kier molecular flexibility index (Phi) is 3.47. The molecule has 2 N–H and O–H groups in total. The van der Waals surface area contributed by atoms with Crippen molar-refractivity contribution in [2.24, 2.45) is 9.98 Å². The van der Waals surface area contributed by atoms with Crippen molar-refractivity contribution in [1.29, 1.82) is 0 Å². The molecule has 12 heteroatoms. The summed E-state index contributed by atoms with van der Waals surface area (Å²) in [4.78, 5) is 7.26. The van der Waals surface area contributed by atoms with Gasteiger partial charge in [-0.05, 0) is 33.3 Å². The average molecular weight is 298 g/mol. The quantitative estimate of drug-likeness (QED) is 0.394. The van der Waals surface area contributed by atoms with E-state index in [1.165, 1.54) is 24.3 Å². The van der Waals surface area contributed by atoms with Crippen LogP contribution in [0.2, 0.25) is 0 Å². The summed E-state index contributed by atoms with van der Waals surface area (Å²) >= 11 is 0. The molecule has 0 aliphatic rings. The van der Waals surface area contributed by atoms with Crippen molar-refractivity contribution in [3.05, 3.63) is 35.4 Å². The Bertz CT molecular complexity index is 722. The SMILES string of the molecule is [O-]C(=Nc1nn[nH]n1)c1ccc(C([O-])=Nc2nn[nH]n2)cc1. The molecule has 0 unspecified atom stereocenters. The fourth-order valence-corrected chi connectivity index (χ4v) is 1.47. The van der Waals surface area contributed by atoms with Gasteiger partial charge in [0.25, 0.3) is 11.9 Å². The topological polar surface area (TPSA) is 180 Å². The van der Waals surface area contributed by atoms with Crippen LogP contribution >= 0.6 is 0 Å². The van der Waals surface area contributed by atoms with E-state index < -0.39 is 11.8 Å². The van der Waals surface area contributed by atoms with Crippen molar-refractivity contribution in [1.82, 2.24) is 41.2 Å². The van der Waals surface area contributed by atoms with Crippen LogP contribution in [0.25, 0.3) is 0 Å². The Labute approximate surface area is 121 Å². The number of aromatic nitrogens is 8. The van der Waals surface area contributed by atoms with Crippen molar-refractivity contribution in [3.8, 4) is 0 Å². The van der Waals surface area contributed by atoms with Gasteiger partial charge in [0, 0.05) is 0 Å². The van der Waals surface area contributed by atoms with E-state index >= 15 is 0 Å². The maximum atomic E-state index is 11.8. The molecule has 3 aromatic rings. The molecule has 2 aromatic heterocycles. The summed E-state index contributed by atoms with van der Waals surface area (Å²) in [6.07, 6.45) is 0. The lowest BCUT2D eigenvalue weighted by Crippen LogP contribution is -2.21. The lowest BCUT2D eigenvalue weighted by atomic mass is 10.1. The number of nitrogens with zero attached hydrogens (tertiary/aromatic N) is 8. The Balaban J connectivity index is 1.81. The molecule has 0 spiro atoms. The van der Waals surface area contributed by atoms with Gasteiger partial charge in [0.15, 0.2) is 0 Å². The highest BCUT2D eigenvalue weighted by Gasteiger charge is 1.99. The number of hydrogen-bond donors (Lipinski definition) is 2. The van der Waals surface area contributed by atoms with E-state index in [2.05, 4.69) is 51.2 Å². The summed E-state index contributed by atoms with van der Waals surface area (Å²) < 4.78 is 0. The number of benzene rings is 1. The molecule has 0 amide bonds. The Morgan fingerprint density at radius 1 is 0.773 bits per heavy atom. The number of rotatable bonds is 4. The molecule has 0 fully saturated rings. The van der Waals surface area contributed by atoms with Crippen LogP contribution in [0.3, 0.4) is 0 Å². The van der Waals surface area contributed by atoms with Gasteiger partial charge in [-0.1, -0.05) is 34.5 Å². The minimum absolute atomic E-state index is 0.0720. The van der Waals surface area contributed by atoms with E-state index in [0.29, 0.717) is 0 Å². The first-order valence-electron chi connectivity index (χ1n) is 5.81. The molecule has 0 aliphatic heterocycles. The number of nitrogens with one attached hydrogen (secondary N) is 2. The van der Waals surface area contributed by atoms with Gasteiger partial charge in [0.1, 0.15) is 0 Å². The first-order chi connectivity index (χ1) is 10.7. The fraction of sp³-hybridized carbons (Fsp3) is 0. The molecule has 0 atom stereocenters. The Morgan fingerprint density at radius 2 is 1.18 bits per heavy atom. The van der Waals surface area contributed by atoms with Crippen molar-refractivity contribution in [2.75, 3.05) is 0 Å². The second kappa shape index (κ2) is 5.74. The third kappa shape index (κ3) is 2.90. The monoisotopic (exact) mass is 298 g/mol. The largest absolute Gasteiger partial charge is 0.858 e. The molecule has 0 saturated carbocycles. The lowest BCUT2D eigenvalue weighted by Gasteiger charge is -2.12. The number of H-pyrrole nitrogens is 2. The number of hydrogen-bond acceptors (Lipinski definition) is 10. The van der Waals surface area contributed by atoms with Crippen LogP contribution in [0, 0.1) is 0 Å². The molecule has 22 heavy (non-hydrogen) atoms. The normalized spacial score (nSPS) is 12.5. The summed E-state index contributed by atoms with van der Waals surface area (Å²) in [6, 6.07) is 5.74. The molecule has 3 rings (SSSR count). The van der Waals surface area contributed by atoms with E-state index in [1.54, 1.807) is 0 Å². The summed E-state index contributed by atoms with van der Waals surface area (Å²) in [6.45, 7) is 0. The third-order valence-corrected chi connectivity index (χ3v) is 2.45. The standard InChI is InChI=1S/C10H8N10O2/c21-7(11-9-13-17-18-14-9)5-1-2-6(4-3-5)8(22)12-10-15-19-20-16-10/h1-4H,(H2,11,13,14,17,18,21)(H2,12,15,16,19,20,22)/p-2. The lowest BCUT2D eigenvalue weighted by molar-refractivity contribution is -0.213.